The molecular weight excluding hydrogens is 210 g/mol. The zero-order valence-electron chi connectivity index (χ0n) is 10.7. The van der Waals surface area contributed by atoms with Crippen LogP contribution in [-0.4, -0.2) is 12.6 Å². The number of nitrogens with two attached hydrogens (primary N) is 1. The lowest BCUT2D eigenvalue weighted by molar-refractivity contribution is 0.245. The van der Waals surface area contributed by atoms with Crippen molar-refractivity contribution in [1.82, 2.24) is 0 Å². The molecule has 0 saturated heterocycles. The van der Waals surface area contributed by atoms with Crippen LogP contribution < -0.4 is 10.5 Å². The molecule has 1 aromatic carbocycles. The molecule has 2 N–H and O–H groups in total. The summed E-state index contributed by atoms with van der Waals surface area (Å²) in [7, 11) is 0. The second kappa shape index (κ2) is 6.06. The van der Waals surface area contributed by atoms with Gasteiger partial charge in [-0.2, -0.15) is 0 Å². The van der Waals surface area contributed by atoms with Crippen LogP contribution >= 0.6 is 0 Å². The molecule has 0 aromatic heterocycles. The van der Waals surface area contributed by atoms with Crippen LogP contribution in [0.25, 0.3) is 0 Å². The standard InChI is InChI=1S/C15H23NO/c1-2-12-7-5-6-10-15(12)17-11-14(16)13-8-3-4-9-13/h5-7,10,13-14H,2-4,8-9,11,16H2,1H3. The van der Waals surface area contributed by atoms with Gasteiger partial charge in [0.1, 0.15) is 12.4 Å². The van der Waals surface area contributed by atoms with E-state index in [0.717, 1.165) is 12.2 Å². The molecule has 1 atom stereocenters. The third-order valence-corrected chi connectivity index (χ3v) is 3.79. The van der Waals surface area contributed by atoms with Crippen molar-refractivity contribution < 1.29 is 4.74 Å². The van der Waals surface area contributed by atoms with Gasteiger partial charge >= 0.3 is 0 Å². The highest BCUT2D eigenvalue weighted by Crippen LogP contribution is 2.27. The summed E-state index contributed by atoms with van der Waals surface area (Å²) in [6.07, 6.45) is 6.24. The summed E-state index contributed by atoms with van der Waals surface area (Å²) in [6, 6.07) is 8.44. The second-order valence-corrected chi connectivity index (χ2v) is 4.98. The molecule has 0 bridgehead atoms. The van der Waals surface area contributed by atoms with Crippen LogP contribution in [0, 0.1) is 5.92 Å². The van der Waals surface area contributed by atoms with Crippen LogP contribution in [-0.2, 0) is 6.42 Å². The maximum absolute atomic E-state index is 6.19. The second-order valence-electron chi connectivity index (χ2n) is 4.98. The van der Waals surface area contributed by atoms with E-state index in [1.165, 1.54) is 31.2 Å². The number of aryl methyl sites for hydroxylation is 1. The van der Waals surface area contributed by atoms with E-state index in [-0.39, 0.29) is 6.04 Å². The molecule has 1 aliphatic rings. The summed E-state index contributed by atoms with van der Waals surface area (Å²) < 4.78 is 5.88. The molecule has 0 radical (unpaired) electrons. The molecule has 2 rings (SSSR count). The van der Waals surface area contributed by atoms with E-state index in [1.807, 2.05) is 12.1 Å². The van der Waals surface area contributed by atoms with Crippen molar-refractivity contribution >= 4 is 0 Å². The van der Waals surface area contributed by atoms with Crippen molar-refractivity contribution in [3.63, 3.8) is 0 Å². The van der Waals surface area contributed by atoms with E-state index in [1.54, 1.807) is 0 Å². The minimum absolute atomic E-state index is 0.197. The van der Waals surface area contributed by atoms with Crippen molar-refractivity contribution in [3.8, 4) is 5.75 Å². The summed E-state index contributed by atoms with van der Waals surface area (Å²) in [6.45, 7) is 2.81. The molecular formula is C15H23NO. The van der Waals surface area contributed by atoms with Gasteiger partial charge in [-0.15, -0.1) is 0 Å². The van der Waals surface area contributed by atoms with Gasteiger partial charge in [0.25, 0.3) is 0 Å². The van der Waals surface area contributed by atoms with E-state index >= 15 is 0 Å². The van der Waals surface area contributed by atoms with E-state index < -0.39 is 0 Å². The van der Waals surface area contributed by atoms with Crippen LogP contribution in [0.3, 0.4) is 0 Å². The molecule has 94 valence electrons. The van der Waals surface area contributed by atoms with Gasteiger partial charge in [0.15, 0.2) is 0 Å². The van der Waals surface area contributed by atoms with E-state index in [9.17, 15) is 0 Å². The molecule has 17 heavy (non-hydrogen) atoms. The third-order valence-electron chi connectivity index (χ3n) is 3.79. The van der Waals surface area contributed by atoms with Crippen molar-refractivity contribution in [3.05, 3.63) is 29.8 Å². The Morgan fingerprint density at radius 2 is 2.00 bits per heavy atom. The fraction of sp³-hybridized carbons (Fsp3) is 0.600. The van der Waals surface area contributed by atoms with Crippen LogP contribution in [0.2, 0.25) is 0 Å². The van der Waals surface area contributed by atoms with Gasteiger partial charge < -0.3 is 10.5 Å². The molecule has 0 spiro atoms. The molecule has 2 heteroatoms. The SMILES string of the molecule is CCc1ccccc1OCC(N)C1CCCC1. The fourth-order valence-electron chi connectivity index (χ4n) is 2.64. The van der Waals surface area contributed by atoms with Gasteiger partial charge in [0.05, 0.1) is 0 Å². The largest absolute Gasteiger partial charge is 0.492 e. The summed E-state index contributed by atoms with van der Waals surface area (Å²) in [5.41, 5.74) is 7.46. The lowest BCUT2D eigenvalue weighted by Crippen LogP contribution is -2.34. The Balaban J connectivity index is 1.88. The average molecular weight is 233 g/mol. The Labute approximate surface area is 104 Å². The Hall–Kier alpha value is -1.02. The summed E-state index contributed by atoms with van der Waals surface area (Å²) in [5.74, 6) is 1.67. The summed E-state index contributed by atoms with van der Waals surface area (Å²) in [4.78, 5) is 0. The molecule has 2 nitrogen and oxygen atoms in total. The number of rotatable bonds is 5. The first-order valence-corrected chi connectivity index (χ1v) is 6.77. The Kier molecular flexibility index (Phi) is 4.43. The molecule has 1 unspecified atom stereocenters. The number of benzene rings is 1. The van der Waals surface area contributed by atoms with Gasteiger partial charge in [-0.25, -0.2) is 0 Å². The average Bonchev–Trinajstić information content (AvgIpc) is 2.90. The zero-order chi connectivity index (χ0) is 12.1. The van der Waals surface area contributed by atoms with Gasteiger partial charge in [0.2, 0.25) is 0 Å². The molecule has 0 amide bonds. The Morgan fingerprint density at radius 1 is 1.29 bits per heavy atom. The predicted octanol–water partition coefficient (Wildman–Crippen LogP) is 3.15. The maximum atomic E-state index is 6.19. The van der Waals surface area contributed by atoms with Crippen LogP contribution in [0.1, 0.15) is 38.2 Å². The highest BCUT2D eigenvalue weighted by molar-refractivity contribution is 5.33. The summed E-state index contributed by atoms with van der Waals surface area (Å²) in [5, 5.41) is 0. The fourth-order valence-corrected chi connectivity index (χ4v) is 2.64. The van der Waals surface area contributed by atoms with Crippen LogP contribution in [0.4, 0.5) is 0 Å². The Morgan fingerprint density at radius 3 is 2.71 bits per heavy atom. The number of hydrogen-bond acceptors (Lipinski definition) is 2. The summed E-state index contributed by atoms with van der Waals surface area (Å²) >= 11 is 0. The minimum Gasteiger partial charge on any atom is -0.492 e. The van der Waals surface area contributed by atoms with E-state index in [4.69, 9.17) is 10.5 Å². The topological polar surface area (TPSA) is 35.2 Å². The van der Waals surface area contributed by atoms with E-state index in [2.05, 4.69) is 19.1 Å². The lowest BCUT2D eigenvalue weighted by atomic mass is 10.00. The monoisotopic (exact) mass is 233 g/mol. The predicted molar refractivity (Wildman–Crippen MR) is 71.2 cm³/mol. The first-order valence-electron chi connectivity index (χ1n) is 6.77. The molecule has 1 aromatic rings. The molecule has 1 saturated carbocycles. The van der Waals surface area contributed by atoms with Crippen molar-refractivity contribution in [2.45, 2.75) is 45.1 Å². The minimum atomic E-state index is 0.197. The normalized spacial score (nSPS) is 18.2. The van der Waals surface area contributed by atoms with E-state index in [0.29, 0.717) is 12.5 Å². The van der Waals surface area contributed by atoms with Gasteiger partial charge in [0, 0.05) is 6.04 Å². The smallest absolute Gasteiger partial charge is 0.122 e. The molecule has 1 aliphatic carbocycles. The maximum Gasteiger partial charge on any atom is 0.122 e. The zero-order valence-corrected chi connectivity index (χ0v) is 10.7. The number of hydrogen-bond donors (Lipinski definition) is 1. The Bertz CT molecular complexity index is 345. The first kappa shape index (κ1) is 12.4. The van der Waals surface area contributed by atoms with Gasteiger partial charge in [-0.05, 0) is 36.8 Å². The van der Waals surface area contributed by atoms with Gasteiger partial charge in [-0.1, -0.05) is 38.0 Å². The molecule has 1 fully saturated rings. The third kappa shape index (κ3) is 3.22. The van der Waals surface area contributed by atoms with Crippen LogP contribution in [0.5, 0.6) is 5.75 Å². The molecule has 0 heterocycles. The quantitative estimate of drug-likeness (QED) is 0.848. The highest BCUT2D eigenvalue weighted by atomic mass is 16.5. The van der Waals surface area contributed by atoms with Crippen LogP contribution in [0.15, 0.2) is 24.3 Å². The highest BCUT2D eigenvalue weighted by Gasteiger charge is 2.22. The molecule has 0 aliphatic heterocycles. The number of ether oxygens (including phenoxy) is 1. The lowest BCUT2D eigenvalue weighted by Gasteiger charge is -2.20. The van der Waals surface area contributed by atoms with Crippen molar-refractivity contribution in [2.75, 3.05) is 6.61 Å². The van der Waals surface area contributed by atoms with Crippen molar-refractivity contribution in [2.24, 2.45) is 11.7 Å². The number of para-hydroxylation sites is 1. The first-order chi connectivity index (χ1) is 8.31. The van der Waals surface area contributed by atoms with Crippen molar-refractivity contribution in [1.29, 1.82) is 0 Å². The van der Waals surface area contributed by atoms with Gasteiger partial charge in [-0.3, -0.25) is 0 Å².